The molecule has 0 fully saturated rings. The molecule has 147 valence electrons. The summed E-state index contributed by atoms with van der Waals surface area (Å²) >= 11 is 0. The minimum Gasteiger partial charge on any atom is -0.490 e. The van der Waals surface area contributed by atoms with Gasteiger partial charge in [0, 0.05) is 12.7 Å². The Morgan fingerprint density at radius 3 is 2.26 bits per heavy atom. The van der Waals surface area contributed by atoms with E-state index in [-0.39, 0.29) is 13.2 Å². The van der Waals surface area contributed by atoms with Crippen molar-refractivity contribution in [2.75, 3.05) is 20.3 Å². The highest BCUT2D eigenvalue weighted by Crippen LogP contribution is 2.17. The van der Waals surface area contributed by atoms with Crippen molar-refractivity contribution in [1.29, 1.82) is 0 Å². The van der Waals surface area contributed by atoms with Crippen molar-refractivity contribution < 1.29 is 38.8 Å². The first kappa shape index (κ1) is 22.6. The van der Waals surface area contributed by atoms with Crippen LogP contribution in [-0.2, 0) is 19.1 Å². The number of Topliss-reactive ketones (excluding diaryl/α,β-unsaturated/α-hetero) is 1. The Labute approximate surface area is 158 Å². The summed E-state index contributed by atoms with van der Waals surface area (Å²) in [6, 6.07) is 6.11. The lowest BCUT2D eigenvalue weighted by molar-refractivity contribution is -0.153. The summed E-state index contributed by atoms with van der Waals surface area (Å²) in [5.74, 6) is -3.40. The van der Waals surface area contributed by atoms with E-state index in [2.05, 4.69) is 0 Å². The van der Waals surface area contributed by atoms with Gasteiger partial charge in [0.1, 0.15) is 24.6 Å². The molecule has 2 unspecified atom stereocenters. The standard InChI is InChI=1S/C19H23O8/c1-12(25-4)15(11-16(20)21)18(23)27-10-9-26-14-7-5-13(6-8-14)17(22)19(2,3)24/h1,5-8,11-12,15,24H,9-10H2,2-4H3,(H,20,21). The molecule has 27 heavy (non-hydrogen) atoms. The fraction of sp³-hybridized carbons (Fsp3) is 0.421. The highest BCUT2D eigenvalue weighted by atomic mass is 16.6. The summed E-state index contributed by atoms with van der Waals surface area (Å²) in [5.41, 5.74) is -1.13. The summed E-state index contributed by atoms with van der Waals surface area (Å²) in [6.07, 6.45) is -0.439. The number of aliphatic carboxylic acids is 1. The second-order valence-electron chi connectivity index (χ2n) is 6.16. The molecular formula is C19H23O8. The Bertz CT molecular complexity index is 645. The van der Waals surface area contributed by atoms with Gasteiger partial charge in [-0.15, -0.1) is 0 Å². The average Bonchev–Trinajstić information content (AvgIpc) is 2.61. The molecule has 8 heteroatoms. The van der Waals surface area contributed by atoms with Crippen LogP contribution in [0.2, 0.25) is 0 Å². The first-order valence-corrected chi connectivity index (χ1v) is 8.09. The van der Waals surface area contributed by atoms with Gasteiger partial charge in [-0.25, -0.2) is 0 Å². The number of esters is 1. The first-order chi connectivity index (χ1) is 12.6. The minimum absolute atomic E-state index is 0.00649. The minimum atomic E-state index is -1.47. The van der Waals surface area contributed by atoms with Crippen LogP contribution < -0.4 is 4.74 Å². The molecule has 0 spiro atoms. The number of aliphatic hydroxyl groups is 1. The van der Waals surface area contributed by atoms with Gasteiger partial charge in [0.25, 0.3) is 0 Å². The molecule has 8 nitrogen and oxygen atoms in total. The topological polar surface area (TPSA) is 119 Å². The van der Waals surface area contributed by atoms with E-state index in [1.54, 1.807) is 12.1 Å². The van der Waals surface area contributed by atoms with E-state index in [1.165, 1.54) is 33.1 Å². The number of carboxylic acids is 1. The zero-order valence-electron chi connectivity index (χ0n) is 15.4. The number of carbonyl (C=O) groups excluding carboxylic acids is 2. The lowest BCUT2D eigenvalue weighted by Crippen LogP contribution is -2.33. The van der Waals surface area contributed by atoms with E-state index in [9.17, 15) is 19.5 Å². The summed E-state index contributed by atoms with van der Waals surface area (Å²) in [6.45, 7) is 8.21. The van der Waals surface area contributed by atoms with Crippen LogP contribution in [0.1, 0.15) is 24.2 Å². The predicted molar refractivity (Wildman–Crippen MR) is 94.0 cm³/mol. The predicted octanol–water partition coefficient (Wildman–Crippen LogP) is 1.19. The Kier molecular flexibility index (Phi) is 8.39. The molecule has 1 aromatic carbocycles. The summed E-state index contributed by atoms with van der Waals surface area (Å²) in [4.78, 5) is 34.6. The monoisotopic (exact) mass is 379 g/mol. The van der Waals surface area contributed by atoms with Crippen LogP contribution in [0, 0.1) is 19.3 Å². The largest absolute Gasteiger partial charge is 0.490 e. The zero-order chi connectivity index (χ0) is 20.6. The molecule has 0 heterocycles. The number of methoxy groups -OCH3 is 1. The van der Waals surface area contributed by atoms with Crippen LogP contribution in [0.15, 0.2) is 24.3 Å². The quantitative estimate of drug-likeness (QED) is 0.334. The normalized spacial score (nSPS) is 13.5. The van der Waals surface area contributed by atoms with Gasteiger partial charge in [0.2, 0.25) is 0 Å². The van der Waals surface area contributed by atoms with Gasteiger partial charge >= 0.3 is 11.9 Å². The third-order valence-corrected chi connectivity index (χ3v) is 3.49. The van der Waals surface area contributed by atoms with E-state index in [0.717, 1.165) is 0 Å². The molecule has 0 amide bonds. The molecule has 0 aliphatic rings. The number of carbonyl (C=O) groups is 3. The molecule has 0 saturated carbocycles. The lowest BCUT2D eigenvalue weighted by atomic mass is 9.97. The van der Waals surface area contributed by atoms with Crippen LogP contribution in [-0.4, -0.2) is 60.0 Å². The number of hydrogen-bond donors (Lipinski definition) is 2. The average molecular weight is 379 g/mol. The van der Waals surface area contributed by atoms with Crippen molar-refractivity contribution in [1.82, 2.24) is 0 Å². The molecular weight excluding hydrogens is 356 g/mol. The van der Waals surface area contributed by atoms with Crippen LogP contribution in [0.25, 0.3) is 0 Å². The molecule has 0 aromatic heterocycles. The fourth-order valence-corrected chi connectivity index (χ4v) is 2.05. The van der Waals surface area contributed by atoms with Crippen LogP contribution in [0.4, 0.5) is 0 Å². The van der Waals surface area contributed by atoms with Crippen molar-refractivity contribution in [2.24, 2.45) is 5.92 Å². The summed E-state index contributed by atoms with van der Waals surface area (Å²) in [7, 11) is 1.25. The molecule has 2 atom stereocenters. The number of ketones is 1. The van der Waals surface area contributed by atoms with Crippen molar-refractivity contribution in [2.45, 2.75) is 25.6 Å². The summed E-state index contributed by atoms with van der Waals surface area (Å²) in [5, 5.41) is 18.5. The third kappa shape index (κ3) is 7.36. The van der Waals surface area contributed by atoms with Gasteiger partial charge in [-0.2, -0.15) is 0 Å². The third-order valence-electron chi connectivity index (χ3n) is 3.49. The number of hydrogen-bond acceptors (Lipinski definition) is 7. The highest BCUT2D eigenvalue weighted by molar-refractivity contribution is 6.01. The van der Waals surface area contributed by atoms with Gasteiger partial charge in [-0.05, 0) is 45.0 Å². The van der Waals surface area contributed by atoms with E-state index >= 15 is 0 Å². The maximum absolute atomic E-state index is 11.9. The van der Waals surface area contributed by atoms with E-state index in [4.69, 9.17) is 26.2 Å². The summed E-state index contributed by atoms with van der Waals surface area (Å²) < 4.78 is 15.1. The smallest absolute Gasteiger partial charge is 0.312 e. The lowest BCUT2D eigenvalue weighted by Gasteiger charge is -2.19. The molecule has 1 aromatic rings. The number of rotatable bonds is 11. The maximum atomic E-state index is 11.9. The van der Waals surface area contributed by atoms with Crippen LogP contribution >= 0.6 is 0 Å². The number of ether oxygens (including phenoxy) is 3. The van der Waals surface area contributed by atoms with Gasteiger partial charge in [-0.1, -0.05) is 0 Å². The highest BCUT2D eigenvalue weighted by Gasteiger charge is 2.30. The molecule has 0 aliphatic carbocycles. The molecule has 1 rings (SSSR count). The second-order valence-corrected chi connectivity index (χ2v) is 6.16. The van der Waals surface area contributed by atoms with E-state index in [0.29, 0.717) is 17.7 Å². The van der Waals surface area contributed by atoms with Gasteiger partial charge in [0.15, 0.2) is 5.78 Å². The van der Waals surface area contributed by atoms with Crippen LogP contribution in [0.3, 0.4) is 0 Å². The Hall–Kier alpha value is -2.45. The van der Waals surface area contributed by atoms with Crippen LogP contribution in [0.5, 0.6) is 5.75 Å². The molecule has 3 radical (unpaired) electrons. The van der Waals surface area contributed by atoms with Gasteiger partial charge < -0.3 is 24.4 Å². The van der Waals surface area contributed by atoms with Crippen molar-refractivity contribution in [3.63, 3.8) is 0 Å². The van der Waals surface area contributed by atoms with Gasteiger partial charge in [0.05, 0.1) is 18.4 Å². The van der Waals surface area contributed by atoms with Crippen molar-refractivity contribution in [3.8, 4) is 5.75 Å². The van der Waals surface area contributed by atoms with Gasteiger partial charge in [-0.3, -0.25) is 14.4 Å². The Morgan fingerprint density at radius 1 is 1.19 bits per heavy atom. The number of benzene rings is 1. The maximum Gasteiger partial charge on any atom is 0.312 e. The second kappa shape index (κ2) is 10.0. The SMILES string of the molecule is [CH]C(OC)C([CH]C(=O)O)C(=O)OCCOc1ccc(C(=O)C(C)(C)O)cc1. The molecule has 0 bridgehead atoms. The van der Waals surface area contributed by atoms with Crippen molar-refractivity contribution >= 4 is 17.7 Å². The first-order valence-electron chi connectivity index (χ1n) is 8.09. The molecule has 2 N–H and O–H groups in total. The molecule has 0 aliphatic heterocycles. The zero-order valence-corrected chi connectivity index (χ0v) is 15.4. The Morgan fingerprint density at radius 2 is 1.78 bits per heavy atom. The number of carboxylic acid groups (broad SMARTS) is 1. The molecule has 0 saturated heterocycles. The van der Waals surface area contributed by atoms with Crippen molar-refractivity contribution in [3.05, 3.63) is 43.2 Å². The van der Waals surface area contributed by atoms with E-state index < -0.39 is 35.3 Å². The Balaban J connectivity index is 2.50. The van der Waals surface area contributed by atoms with E-state index in [1.807, 2.05) is 0 Å². The fourth-order valence-electron chi connectivity index (χ4n) is 2.05.